The minimum absolute atomic E-state index is 0.0224. The van der Waals surface area contributed by atoms with E-state index in [1.165, 1.54) is 0 Å². The van der Waals surface area contributed by atoms with Crippen molar-refractivity contribution < 1.29 is 63.6 Å². The number of benzene rings is 2. The van der Waals surface area contributed by atoms with Gasteiger partial charge in [-0.1, -0.05) is 36.4 Å². The van der Waals surface area contributed by atoms with Crippen molar-refractivity contribution in [2.24, 2.45) is 0 Å². The molecule has 0 aromatic heterocycles. The van der Waals surface area contributed by atoms with Gasteiger partial charge in [0.05, 0.1) is 25.4 Å². The van der Waals surface area contributed by atoms with Crippen molar-refractivity contribution in [1.82, 2.24) is 10.6 Å². The van der Waals surface area contributed by atoms with Crippen molar-refractivity contribution in [3.05, 3.63) is 88.5 Å². The monoisotopic (exact) mass is 684 g/mol. The maximum atomic E-state index is 13.2. The van der Waals surface area contributed by atoms with Crippen LogP contribution in [0.4, 0.5) is 0 Å². The van der Waals surface area contributed by atoms with Gasteiger partial charge in [0.15, 0.2) is 6.29 Å². The van der Waals surface area contributed by atoms with Crippen molar-refractivity contribution in [2.75, 3.05) is 33.2 Å². The molecular weight excluding hydrogens is 644 g/mol. The van der Waals surface area contributed by atoms with Crippen LogP contribution < -0.4 is 10.6 Å². The molecular formula is C34H40N2O13. The molecule has 2 amide bonds. The Balaban J connectivity index is 1.16. The predicted molar refractivity (Wildman–Crippen MR) is 169 cm³/mol. The first-order valence-corrected chi connectivity index (χ1v) is 15.8. The summed E-state index contributed by atoms with van der Waals surface area (Å²) in [5, 5.41) is 53.6. The lowest BCUT2D eigenvalue weighted by molar-refractivity contribution is -0.298. The van der Waals surface area contributed by atoms with E-state index in [4.69, 9.17) is 28.8 Å². The molecule has 3 aliphatic rings. The zero-order valence-corrected chi connectivity index (χ0v) is 26.4. The van der Waals surface area contributed by atoms with E-state index in [0.717, 1.165) is 0 Å². The first-order chi connectivity index (χ1) is 23.7. The molecule has 0 saturated carbocycles. The average Bonchev–Trinajstić information content (AvgIpc) is 3.61. The van der Waals surface area contributed by atoms with E-state index < -0.39 is 61.6 Å². The SMILES string of the molecule is O=C(NCc1cccc(C(=O)NCCO)c1)C1=CC2OCOC2C(OC(=O)c2cccc(C=CCOC3OC(CO)C(O)C(O)C3O)c2)C1. The summed E-state index contributed by atoms with van der Waals surface area (Å²) in [4.78, 5) is 38.6. The molecule has 7 N–H and O–H groups in total. The Morgan fingerprint density at radius 3 is 2.51 bits per heavy atom. The van der Waals surface area contributed by atoms with Crippen LogP contribution in [0.2, 0.25) is 0 Å². The van der Waals surface area contributed by atoms with E-state index in [-0.39, 0.29) is 56.9 Å². The summed E-state index contributed by atoms with van der Waals surface area (Å²) in [5.74, 6) is -1.36. The normalized spacial score (nSPS) is 28.1. The topological polar surface area (TPSA) is 223 Å². The third-order valence-electron chi connectivity index (χ3n) is 8.23. The molecule has 2 saturated heterocycles. The van der Waals surface area contributed by atoms with E-state index in [1.54, 1.807) is 66.8 Å². The van der Waals surface area contributed by atoms with Crippen molar-refractivity contribution in [1.29, 1.82) is 0 Å². The quantitative estimate of drug-likeness (QED) is 0.128. The summed E-state index contributed by atoms with van der Waals surface area (Å²) < 4.78 is 27.9. The summed E-state index contributed by atoms with van der Waals surface area (Å²) in [7, 11) is 0. The lowest BCUT2D eigenvalue weighted by Gasteiger charge is -2.39. The van der Waals surface area contributed by atoms with Gasteiger partial charge in [0.2, 0.25) is 5.91 Å². The standard InChI is InChI=1S/C34H40N2O13/c37-10-9-35-31(42)21-7-2-5-20(13-21)16-36-32(43)23-14-24-30(47-18-46-24)25(15-23)48-33(44)22-8-1-4-19(12-22)6-3-11-45-34-29(41)28(40)27(39)26(17-38)49-34/h1-8,12-14,24-30,34,37-41H,9-11,15-18H2,(H,35,42)(H,36,43). The number of aliphatic hydroxyl groups excluding tert-OH is 5. The minimum atomic E-state index is -1.55. The average molecular weight is 685 g/mol. The summed E-state index contributed by atoms with van der Waals surface area (Å²) in [6.45, 7) is -0.555. The number of esters is 1. The summed E-state index contributed by atoms with van der Waals surface area (Å²) in [6, 6.07) is 13.3. The van der Waals surface area contributed by atoms with Gasteiger partial charge in [-0.3, -0.25) is 9.59 Å². The van der Waals surface area contributed by atoms with Gasteiger partial charge < -0.3 is 59.9 Å². The predicted octanol–water partition coefficient (Wildman–Crippen LogP) is -0.848. The van der Waals surface area contributed by atoms with Crippen LogP contribution in [-0.4, -0.2) is 125 Å². The molecule has 2 heterocycles. The smallest absolute Gasteiger partial charge is 0.338 e. The zero-order chi connectivity index (χ0) is 34.9. The Morgan fingerprint density at radius 1 is 0.918 bits per heavy atom. The van der Waals surface area contributed by atoms with Crippen LogP contribution in [0.3, 0.4) is 0 Å². The molecule has 2 aromatic rings. The number of nitrogens with one attached hydrogen (secondary N) is 2. The van der Waals surface area contributed by atoms with Gasteiger partial charge in [-0.05, 0) is 41.5 Å². The second kappa shape index (κ2) is 17.1. The van der Waals surface area contributed by atoms with Gasteiger partial charge >= 0.3 is 5.97 Å². The molecule has 0 spiro atoms. The number of amides is 2. The second-order valence-electron chi connectivity index (χ2n) is 11.6. The Labute approximate surface area is 281 Å². The van der Waals surface area contributed by atoms with E-state index >= 15 is 0 Å². The fourth-order valence-electron chi connectivity index (χ4n) is 5.63. The first kappa shape index (κ1) is 36.3. The van der Waals surface area contributed by atoms with E-state index in [2.05, 4.69) is 10.6 Å². The molecule has 0 bridgehead atoms. The van der Waals surface area contributed by atoms with Gasteiger partial charge in [-0.15, -0.1) is 0 Å². The van der Waals surface area contributed by atoms with Gasteiger partial charge in [0.25, 0.3) is 5.91 Å². The number of ether oxygens (including phenoxy) is 5. The molecule has 49 heavy (non-hydrogen) atoms. The summed E-state index contributed by atoms with van der Waals surface area (Å²) in [5.41, 5.74) is 2.32. The lowest BCUT2D eigenvalue weighted by atomic mass is 9.91. The third-order valence-corrected chi connectivity index (χ3v) is 8.23. The number of hydrogen-bond donors (Lipinski definition) is 7. The molecule has 8 unspecified atom stereocenters. The maximum absolute atomic E-state index is 13.2. The summed E-state index contributed by atoms with van der Waals surface area (Å²) in [6.07, 6.45) is -3.91. The highest BCUT2D eigenvalue weighted by Crippen LogP contribution is 2.31. The zero-order valence-electron chi connectivity index (χ0n) is 26.4. The number of fused-ring (bicyclic) bond motifs is 1. The molecule has 15 heteroatoms. The molecule has 2 aromatic carbocycles. The fourth-order valence-corrected chi connectivity index (χ4v) is 5.63. The van der Waals surface area contributed by atoms with Crippen LogP contribution in [0, 0.1) is 0 Å². The lowest BCUT2D eigenvalue weighted by Crippen LogP contribution is -2.59. The fraction of sp³-hybridized carbons (Fsp3) is 0.441. The molecule has 2 aliphatic heterocycles. The molecule has 8 atom stereocenters. The van der Waals surface area contributed by atoms with Crippen molar-refractivity contribution in [3.8, 4) is 0 Å². The van der Waals surface area contributed by atoms with E-state index in [1.807, 2.05) is 0 Å². The summed E-state index contributed by atoms with van der Waals surface area (Å²) >= 11 is 0. The maximum Gasteiger partial charge on any atom is 0.338 e. The largest absolute Gasteiger partial charge is 0.456 e. The Hall–Kier alpha value is -4.03. The van der Waals surface area contributed by atoms with Crippen LogP contribution in [-0.2, 0) is 35.0 Å². The van der Waals surface area contributed by atoms with Crippen LogP contribution in [0.1, 0.15) is 38.3 Å². The van der Waals surface area contributed by atoms with Crippen molar-refractivity contribution in [2.45, 2.75) is 62.0 Å². The van der Waals surface area contributed by atoms with Crippen LogP contribution in [0.25, 0.3) is 6.08 Å². The van der Waals surface area contributed by atoms with Crippen LogP contribution in [0.15, 0.2) is 66.3 Å². The van der Waals surface area contributed by atoms with Crippen molar-refractivity contribution >= 4 is 23.9 Å². The minimum Gasteiger partial charge on any atom is -0.456 e. The number of hydrogen-bond acceptors (Lipinski definition) is 13. The van der Waals surface area contributed by atoms with Gasteiger partial charge in [0.1, 0.15) is 49.5 Å². The highest BCUT2D eigenvalue weighted by Gasteiger charge is 2.44. The Morgan fingerprint density at radius 2 is 1.71 bits per heavy atom. The highest BCUT2D eigenvalue weighted by molar-refractivity contribution is 5.95. The first-order valence-electron chi connectivity index (χ1n) is 15.8. The van der Waals surface area contributed by atoms with E-state index in [9.17, 15) is 34.8 Å². The second-order valence-corrected chi connectivity index (χ2v) is 11.6. The molecule has 2 fully saturated rings. The number of aliphatic hydroxyl groups is 5. The van der Waals surface area contributed by atoms with Crippen LogP contribution >= 0.6 is 0 Å². The van der Waals surface area contributed by atoms with Crippen LogP contribution in [0.5, 0.6) is 0 Å². The Kier molecular flexibility index (Phi) is 12.6. The molecule has 1 aliphatic carbocycles. The Bertz CT molecular complexity index is 1530. The number of rotatable bonds is 13. The molecule has 0 radical (unpaired) electrons. The van der Waals surface area contributed by atoms with Crippen molar-refractivity contribution in [3.63, 3.8) is 0 Å². The third kappa shape index (κ3) is 9.16. The molecule has 15 nitrogen and oxygen atoms in total. The van der Waals surface area contributed by atoms with Gasteiger partial charge in [-0.25, -0.2) is 4.79 Å². The molecule has 5 rings (SSSR count). The number of carbonyl (C=O) groups excluding carboxylic acids is 3. The number of carbonyl (C=O) groups is 3. The van der Waals surface area contributed by atoms with Gasteiger partial charge in [0, 0.05) is 30.6 Å². The molecule has 264 valence electrons. The van der Waals surface area contributed by atoms with E-state index in [0.29, 0.717) is 22.3 Å². The highest BCUT2D eigenvalue weighted by atomic mass is 16.7. The van der Waals surface area contributed by atoms with Gasteiger partial charge in [-0.2, -0.15) is 0 Å².